The lowest BCUT2D eigenvalue weighted by Crippen LogP contribution is -1.90. The second-order valence-electron chi connectivity index (χ2n) is 8.05. The van der Waals surface area contributed by atoms with E-state index in [4.69, 9.17) is 0 Å². The van der Waals surface area contributed by atoms with E-state index < -0.39 is 0 Å². The first-order valence-electron chi connectivity index (χ1n) is 10.3. The zero-order valence-corrected chi connectivity index (χ0v) is 17.9. The molecule has 0 saturated carbocycles. The van der Waals surface area contributed by atoms with Crippen LogP contribution in [0.5, 0.6) is 0 Å². The van der Waals surface area contributed by atoms with Gasteiger partial charge in [-0.15, -0.1) is 22.7 Å². The molecular weight excluding hydrogens is 416 g/mol. The van der Waals surface area contributed by atoms with Crippen LogP contribution < -0.4 is 0 Å². The molecule has 0 bridgehead atoms. The van der Waals surface area contributed by atoms with Crippen LogP contribution >= 0.6 is 22.7 Å². The number of aromatic nitrogens is 2. The normalized spacial score (nSPS) is 12.5. The van der Waals surface area contributed by atoms with Gasteiger partial charge in [-0.3, -0.25) is 4.40 Å². The van der Waals surface area contributed by atoms with E-state index in [1.54, 1.807) is 0 Å². The number of imidazole rings is 1. The number of fused-ring (bicyclic) bond motifs is 13. The van der Waals surface area contributed by atoms with Gasteiger partial charge in [0.2, 0.25) is 0 Å². The van der Waals surface area contributed by atoms with E-state index in [-0.39, 0.29) is 0 Å². The zero-order chi connectivity index (χ0) is 20.1. The summed E-state index contributed by atoms with van der Waals surface area (Å²) in [6, 6.07) is 26.7. The standard InChI is InChI=1S/C27H14N2S2/c1-2-6-17-15(5-1)19-14-24-20(13-21(19)29-12-11-28-27(17)29)16-9-10-23-25(26(16)31-24)18-7-3-4-8-22(18)30-23/h1-14H. The molecule has 0 spiro atoms. The zero-order valence-electron chi connectivity index (χ0n) is 16.3. The number of benzene rings is 4. The van der Waals surface area contributed by atoms with Crippen molar-refractivity contribution in [3.05, 3.63) is 85.2 Å². The van der Waals surface area contributed by atoms with Crippen molar-refractivity contribution in [2.45, 2.75) is 0 Å². The minimum Gasteiger partial charge on any atom is -0.299 e. The second-order valence-corrected chi connectivity index (χ2v) is 10.2. The van der Waals surface area contributed by atoms with Gasteiger partial charge < -0.3 is 0 Å². The maximum absolute atomic E-state index is 4.66. The molecule has 4 heterocycles. The summed E-state index contributed by atoms with van der Waals surface area (Å²) in [6.45, 7) is 0. The van der Waals surface area contributed by atoms with E-state index in [1.165, 1.54) is 62.0 Å². The van der Waals surface area contributed by atoms with E-state index in [0.717, 1.165) is 5.65 Å². The van der Waals surface area contributed by atoms with Crippen LogP contribution in [-0.2, 0) is 0 Å². The molecular formula is C27H14N2S2. The molecule has 0 aliphatic heterocycles. The van der Waals surface area contributed by atoms with Crippen LogP contribution in [0.1, 0.15) is 0 Å². The lowest BCUT2D eigenvalue weighted by atomic mass is 10.0. The molecule has 0 N–H and O–H groups in total. The van der Waals surface area contributed by atoms with E-state index in [1.807, 2.05) is 28.9 Å². The van der Waals surface area contributed by atoms with Crippen LogP contribution in [-0.4, -0.2) is 9.38 Å². The van der Waals surface area contributed by atoms with Crippen molar-refractivity contribution >= 4 is 90.3 Å². The highest BCUT2D eigenvalue weighted by atomic mass is 32.1. The first kappa shape index (κ1) is 16.3. The van der Waals surface area contributed by atoms with Gasteiger partial charge in [-0.2, -0.15) is 0 Å². The van der Waals surface area contributed by atoms with Crippen LogP contribution in [0.4, 0.5) is 0 Å². The highest BCUT2D eigenvalue weighted by molar-refractivity contribution is 7.29. The molecule has 4 aromatic carbocycles. The summed E-state index contributed by atoms with van der Waals surface area (Å²) >= 11 is 3.81. The number of hydrogen-bond donors (Lipinski definition) is 0. The third-order valence-electron chi connectivity index (χ3n) is 6.45. The highest BCUT2D eigenvalue weighted by Gasteiger charge is 2.16. The molecule has 0 unspecified atom stereocenters. The van der Waals surface area contributed by atoms with Crippen molar-refractivity contribution < 1.29 is 0 Å². The molecule has 0 atom stereocenters. The molecule has 4 heteroatoms. The van der Waals surface area contributed by atoms with Crippen LogP contribution in [0, 0.1) is 0 Å². The maximum atomic E-state index is 4.66. The number of rotatable bonds is 0. The van der Waals surface area contributed by atoms with Crippen LogP contribution in [0.3, 0.4) is 0 Å². The van der Waals surface area contributed by atoms with Gasteiger partial charge in [0.1, 0.15) is 5.65 Å². The van der Waals surface area contributed by atoms with Gasteiger partial charge in [-0.05, 0) is 29.7 Å². The lowest BCUT2D eigenvalue weighted by molar-refractivity contribution is 1.28. The number of thiophene rings is 2. The van der Waals surface area contributed by atoms with Crippen LogP contribution in [0.15, 0.2) is 85.2 Å². The predicted molar refractivity (Wildman–Crippen MR) is 136 cm³/mol. The molecule has 0 amide bonds. The summed E-state index contributed by atoms with van der Waals surface area (Å²) in [5, 5.41) is 9.20. The van der Waals surface area contributed by atoms with Gasteiger partial charge in [-0.25, -0.2) is 4.98 Å². The Kier molecular flexibility index (Phi) is 2.94. The molecule has 2 nitrogen and oxygen atoms in total. The Morgan fingerprint density at radius 2 is 1.45 bits per heavy atom. The Hall–Kier alpha value is -3.47. The summed E-state index contributed by atoms with van der Waals surface area (Å²) < 4.78 is 7.70. The van der Waals surface area contributed by atoms with Crippen molar-refractivity contribution in [3.63, 3.8) is 0 Å². The summed E-state index contributed by atoms with van der Waals surface area (Å²) in [5.74, 6) is 0. The molecule has 8 aromatic rings. The monoisotopic (exact) mass is 430 g/mol. The van der Waals surface area contributed by atoms with E-state index in [2.05, 4.69) is 88.4 Å². The minimum atomic E-state index is 1.02. The molecule has 0 aliphatic rings. The fourth-order valence-corrected chi connectivity index (χ4v) is 7.57. The Morgan fingerprint density at radius 1 is 0.613 bits per heavy atom. The third kappa shape index (κ3) is 1.99. The summed E-state index contributed by atoms with van der Waals surface area (Å²) in [4.78, 5) is 4.66. The van der Waals surface area contributed by atoms with Gasteiger partial charge in [0, 0.05) is 63.5 Å². The Bertz CT molecular complexity index is 2000. The fraction of sp³-hybridized carbons (Fsp3) is 0. The number of hydrogen-bond acceptors (Lipinski definition) is 3. The van der Waals surface area contributed by atoms with E-state index in [0.29, 0.717) is 0 Å². The topological polar surface area (TPSA) is 17.3 Å². The summed E-state index contributed by atoms with van der Waals surface area (Å²) in [6.07, 6.45) is 3.98. The molecule has 8 rings (SSSR count). The minimum absolute atomic E-state index is 1.02. The van der Waals surface area contributed by atoms with Crippen LogP contribution in [0.25, 0.3) is 67.7 Å². The second kappa shape index (κ2) is 5.61. The molecule has 0 fully saturated rings. The molecule has 0 radical (unpaired) electrons. The Balaban J connectivity index is 1.63. The van der Waals surface area contributed by atoms with Gasteiger partial charge in [0.15, 0.2) is 0 Å². The molecule has 0 aliphatic carbocycles. The van der Waals surface area contributed by atoms with Gasteiger partial charge in [-0.1, -0.05) is 48.5 Å². The van der Waals surface area contributed by atoms with Crippen molar-refractivity contribution in [1.29, 1.82) is 0 Å². The summed E-state index contributed by atoms with van der Waals surface area (Å²) in [5.41, 5.74) is 2.24. The van der Waals surface area contributed by atoms with Gasteiger partial charge in [0.25, 0.3) is 0 Å². The van der Waals surface area contributed by atoms with Crippen molar-refractivity contribution in [2.75, 3.05) is 0 Å². The molecule has 144 valence electrons. The lowest BCUT2D eigenvalue weighted by Gasteiger charge is -2.08. The van der Waals surface area contributed by atoms with E-state index in [9.17, 15) is 0 Å². The maximum Gasteiger partial charge on any atom is 0.145 e. The quantitative estimate of drug-likeness (QED) is 0.221. The largest absolute Gasteiger partial charge is 0.299 e. The Morgan fingerprint density at radius 3 is 2.39 bits per heavy atom. The average molecular weight is 431 g/mol. The molecule has 31 heavy (non-hydrogen) atoms. The SMILES string of the molecule is c1ccc2c(c1)sc1ccc3c4cc5c(cc4sc3c12)c1ccccc1c1nccn51. The third-order valence-corrected chi connectivity index (χ3v) is 8.78. The van der Waals surface area contributed by atoms with Gasteiger partial charge >= 0.3 is 0 Å². The first-order chi connectivity index (χ1) is 15.4. The predicted octanol–water partition coefficient (Wildman–Crippen LogP) is 8.38. The summed E-state index contributed by atoms with van der Waals surface area (Å²) in [7, 11) is 0. The first-order valence-corrected chi connectivity index (χ1v) is 11.9. The number of pyridine rings is 1. The Labute approximate surface area is 184 Å². The van der Waals surface area contributed by atoms with Crippen molar-refractivity contribution in [1.82, 2.24) is 9.38 Å². The molecule has 4 aromatic heterocycles. The fourth-order valence-electron chi connectivity index (χ4n) is 5.10. The van der Waals surface area contributed by atoms with Crippen LogP contribution in [0.2, 0.25) is 0 Å². The van der Waals surface area contributed by atoms with Crippen molar-refractivity contribution in [2.24, 2.45) is 0 Å². The average Bonchev–Trinajstić information content (AvgIpc) is 3.52. The number of nitrogens with zero attached hydrogens (tertiary/aromatic N) is 2. The van der Waals surface area contributed by atoms with Gasteiger partial charge in [0.05, 0.1) is 5.52 Å². The van der Waals surface area contributed by atoms with Crippen molar-refractivity contribution in [3.8, 4) is 0 Å². The highest BCUT2D eigenvalue weighted by Crippen LogP contribution is 2.45. The smallest absolute Gasteiger partial charge is 0.145 e. The molecule has 0 saturated heterocycles. The van der Waals surface area contributed by atoms with E-state index >= 15 is 0 Å².